The summed E-state index contributed by atoms with van der Waals surface area (Å²) in [4.78, 5) is 9.89. The van der Waals surface area contributed by atoms with Crippen LogP contribution in [0.2, 0.25) is 0 Å². The average molecular weight is 317 g/mol. The smallest absolute Gasteiger partial charge is 0.293 e. The summed E-state index contributed by atoms with van der Waals surface area (Å²) < 4.78 is 31.9. The predicted molar refractivity (Wildman–Crippen MR) is 77.7 cm³/mol. The standard InChI is InChI=1S/C12H19N3O5S/c1-8(2)10(7-13)14-21(18,19)12-5-4-9(20-3)6-11(12)15(16)17/h4-6,8,10,14H,7,13H2,1-3H3. The zero-order chi connectivity index (χ0) is 16.2. The Morgan fingerprint density at radius 3 is 2.48 bits per heavy atom. The molecular formula is C12H19N3O5S. The molecule has 0 aliphatic rings. The van der Waals surface area contributed by atoms with Crippen LogP contribution in [0.4, 0.5) is 5.69 Å². The van der Waals surface area contributed by atoms with Crippen LogP contribution in [-0.2, 0) is 10.0 Å². The van der Waals surface area contributed by atoms with Gasteiger partial charge < -0.3 is 10.5 Å². The molecule has 9 heteroatoms. The minimum absolute atomic E-state index is 0.0397. The van der Waals surface area contributed by atoms with Gasteiger partial charge in [0.05, 0.1) is 18.1 Å². The number of hydrogen-bond donors (Lipinski definition) is 2. The van der Waals surface area contributed by atoms with E-state index in [0.717, 1.165) is 12.1 Å². The first-order valence-electron chi connectivity index (χ1n) is 6.27. The Morgan fingerprint density at radius 2 is 2.05 bits per heavy atom. The Kier molecular flexibility index (Phi) is 5.64. The summed E-state index contributed by atoms with van der Waals surface area (Å²) in [6.45, 7) is 3.71. The molecule has 0 saturated heterocycles. The topological polar surface area (TPSA) is 125 Å². The third-order valence-electron chi connectivity index (χ3n) is 3.02. The molecule has 1 aromatic rings. The highest BCUT2D eigenvalue weighted by atomic mass is 32.2. The highest BCUT2D eigenvalue weighted by Gasteiger charge is 2.29. The monoisotopic (exact) mass is 317 g/mol. The van der Waals surface area contributed by atoms with Crippen LogP contribution >= 0.6 is 0 Å². The number of hydrogen-bond acceptors (Lipinski definition) is 6. The fourth-order valence-corrected chi connectivity index (χ4v) is 3.26. The van der Waals surface area contributed by atoms with Gasteiger partial charge in [0.2, 0.25) is 10.0 Å². The molecule has 0 saturated carbocycles. The van der Waals surface area contributed by atoms with Gasteiger partial charge >= 0.3 is 0 Å². The van der Waals surface area contributed by atoms with Gasteiger partial charge in [-0.05, 0) is 18.1 Å². The van der Waals surface area contributed by atoms with Crippen LogP contribution in [0.3, 0.4) is 0 Å². The minimum Gasteiger partial charge on any atom is -0.497 e. The van der Waals surface area contributed by atoms with Crippen molar-refractivity contribution in [3.63, 3.8) is 0 Å². The summed E-state index contributed by atoms with van der Waals surface area (Å²) in [5.41, 5.74) is 4.98. The maximum Gasteiger partial charge on any atom is 0.293 e. The lowest BCUT2D eigenvalue weighted by atomic mass is 10.1. The van der Waals surface area contributed by atoms with Crippen molar-refractivity contribution >= 4 is 15.7 Å². The van der Waals surface area contributed by atoms with Crippen molar-refractivity contribution in [2.24, 2.45) is 11.7 Å². The molecule has 8 nitrogen and oxygen atoms in total. The van der Waals surface area contributed by atoms with E-state index in [1.54, 1.807) is 0 Å². The minimum atomic E-state index is -4.04. The average Bonchev–Trinajstić information content (AvgIpc) is 2.43. The Bertz CT molecular complexity index is 615. The zero-order valence-electron chi connectivity index (χ0n) is 12.1. The lowest BCUT2D eigenvalue weighted by Crippen LogP contribution is -2.43. The van der Waals surface area contributed by atoms with Gasteiger partial charge in [0, 0.05) is 12.6 Å². The molecule has 0 radical (unpaired) electrons. The molecule has 0 fully saturated rings. The number of nitrogens with two attached hydrogens (primary N) is 1. The van der Waals surface area contributed by atoms with Crippen LogP contribution in [0, 0.1) is 16.0 Å². The number of benzene rings is 1. The molecule has 0 aromatic heterocycles. The highest BCUT2D eigenvalue weighted by Crippen LogP contribution is 2.28. The number of nitro groups is 1. The molecule has 1 unspecified atom stereocenters. The van der Waals surface area contributed by atoms with Crippen LogP contribution in [0.1, 0.15) is 13.8 Å². The normalized spacial score (nSPS) is 13.2. The van der Waals surface area contributed by atoms with Crippen molar-refractivity contribution in [1.29, 1.82) is 0 Å². The zero-order valence-corrected chi connectivity index (χ0v) is 12.9. The van der Waals surface area contributed by atoms with Gasteiger partial charge in [-0.3, -0.25) is 10.1 Å². The predicted octanol–water partition coefficient (Wildman–Crippen LogP) is 0.865. The van der Waals surface area contributed by atoms with Gasteiger partial charge in [-0.2, -0.15) is 0 Å². The first-order valence-corrected chi connectivity index (χ1v) is 7.76. The van der Waals surface area contributed by atoms with Crippen molar-refractivity contribution < 1.29 is 18.1 Å². The van der Waals surface area contributed by atoms with E-state index in [1.807, 2.05) is 13.8 Å². The Morgan fingerprint density at radius 1 is 1.43 bits per heavy atom. The van der Waals surface area contributed by atoms with E-state index in [0.29, 0.717) is 0 Å². The maximum absolute atomic E-state index is 12.3. The van der Waals surface area contributed by atoms with Gasteiger partial charge in [0.1, 0.15) is 5.75 Å². The van der Waals surface area contributed by atoms with Gasteiger partial charge in [-0.1, -0.05) is 13.8 Å². The van der Waals surface area contributed by atoms with Gasteiger partial charge in [-0.15, -0.1) is 0 Å². The Balaban J connectivity index is 3.28. The van der Waals surface area contributed by atoms with Crippen LogP contribution in [0.5, 0.6) is 5.75 Å². The lowest BCUT2D eigenvalue weighted by Gasteiger charge is -2.20. The van der Waals surface area contributed by atoms with E-state index in [2.05, 4.69) is 4.72 Å². The largest absolute Gasteiger partial charge is 0.497 e. The van der Waals surface area contributed by atoms with E-state index < -0.39 is 31.6 Å². The van der Waals surface area contributed by atoms with Crippen LogP contribution in [-0.4, -0.2) is 33.0 Å². The summed E-state index contributed by atoms with van der Waals surface area (Å²) in [6, 6.07) is 3.07. The van der Waals surface area contributed by atoms with Crippen molar-refractivity contribution in [3.05, 3.63) is 28.3 Å². The molecule has 1 rings (SSSR count). The Hall–Kier alpha value is -1.71. The third-order valence-corrected chi connectivity index (χ3v) is 4.55. The van der Waals surface area contributed by atoms with E-state index in [4.69, 9.17) is 10.5 Å². The molecule has 3 N–H and O–H groups in total. The molecule has 0 bridgehead atoms. The lowest BCUT2D eigenvalue weighted by molar-refractivity contribution is -0.387. The number of rotatable bonds is 7. The molecule has 1 aromatic carbocycles. The number of nitrogens with zero attached hydrogens (tertiary/aromatic N) is 1. The Labute approximate surface area is 123 Å². The maximum atomic E-state index is 12.3. The summed E-state index contributed by atoms with van der Waals surface area (Å²) in [7, 11) is -2.70. The molecule has 0 heterocycles. The second-order valence-electron chi connectivity index (χ2n) is 4.80. The van der Waals surface area contributed by atoms with E-state index in [-0.39, 0.29) is 18.2 Å². The summed E-state index contributed by atoms with van der Waals surface area (Å²) >= 11 is 0. The first kappa shape index (κ1) is 17.3. The SMILES string of the molecule is COc1ccc(S(=O)(=O)NC(CN)C(C)C)c([N+](=O)[O-])c1. The van der Waals surface area contributed by atoms with Crippen molar-refractivity contribution in [1.82, 2.24) is 4.72 Å². The van der Waals surface area contributed by atoms with Gasteiger partial charge in [-0.25, -0.2) is 13.1 Å². The highest BCUT2D eigenvalue weighted by molar-refractivity contribution is 7.89. The quantitative estimate of drug-likeness (QED) is 0.568. The fourth-order valence-electron chi connectivity index (χ4n) is 1.71. The molecule has 0 spiro atoms. The fraction of sp³-hybridized carbons (Fsp3) is 0.500. The number of methoxy groups -OCH3 is 1. The second kappa shape index (κ2) is 6.83. The second-order valence-corrected chi connectivity index (χ2v) is 6.48. The molecule has 0 aliphatic carbocycles. The molecule has 0 amide bonds. The van der Waals surface area contributed by atoms with Gasteiger partial charge in [0.25, 0.3) is 5.69 Å². The molecule has 118 valence electrons. The summed E-state index contributed by atoms with van der Waals surface area (Å²) in [6.07, 6.45) is 0. The summed E-state index contributed by atoms with van der Waals surface area (Å²) in [5, 5.41) is 11.1. The molecule has 21 heavy (non-hydrogen) atoms. The third kappa shape index (κ3) is 4.13. The van der Waals surface area contributed by atoms with Crippen molar-refractivity contribution in [2.45, 2.75) is 24.8 Å². The van der Waals surface area contributed by atoms with Crippen molar-refractivity contribution in [2.75, 3.05) is 13.7 Å². The van der Waals surface area contributed by atoms with E-state index >= 15 is 0 Å². The number of sulfonamides is 1. The number of ether oxygens (including phenoxy) is 1. The van der Waals surface area contributed by atoms with Crippen molar-refractivity contribution in [3.8, 4) is 5.75 Å². The van der Waals surface area contributed by atoms with Crippen LogP contribution in [0.25, 0.3) is 0 Å². The molecular weight excluding hydrogens is 298 g/mol. The van der Waals surface area contributed by atoms with Crippen LogP contribution in [0.15, 0.2) is 23.1 Å². The van der Waals surface area contributed by atoms with Gasteiger partial charge in [0.15, 0.2) is 4.90 Å². The number of nitro benzene ring substituents is 1. The van der Waals surface area contributed by atoms with Crippen LogP contribution < -0.4 is 15.2 Å². The molecule has 1 atom stereocenters. The van der Waals surface area contributed by atoms with E-state index in [1.165, 1.54) is 13.2 Å². The van der Waals surface area contributed by atoms with E-state index in [9.17, 15) is 18.5 Å². The summed E-state index contributed by atoms with van der Waals surface area (Å²) in [5.74, 6) is 0.168. The first-order chi connectivity index (χ1) is 9.72. The number of nitrogens with one attached hydrogen (secondary N) is 1. The molecule has 0 aliphatic heterocycles.